The maximum atomic E-state index is 12.6. The van der Waals surface area contributed by atoms with Crippen molar-refractivity contribution < 1.29 is 19.1 Å². The minimum absolute atomic E-state index is 0.118. The van der Waals surface area contributed by atoms with Crippen molar-refractivity contribution in [1.29, 1.82) is 0 Å². The summed E-state index contributed by atoms with van der Waals surface area (Å²) in [6.07, 6.45) is 0.654. The highest BCUT2D eigenvalue weighted by Crippen LogP contribution is 2.24. The van der Waals surface area contributed by atoms with E-state index in [0.29, 0.717) is 31.2 Å². The minimum atomic E-state index is -0.144. The number of ether oxygens (including phenoxy) is 1. The molecule has 1 aliphatic rings. The number of rotatable bonds is 5. The van der Waals surface area contributed by atoms with Crippen molar-refractivity contribution >= 4 is 5.91 Å². The third kappa shape index (κ3) is 3.77. The van der Waals surface area contributed by atoms with Gasteiger partial charge < -0.3 is 19.2 Å². The summed E-state index contributed by atoms with van der Waals surface area (Å²) in [5.41, 5.74) is 0. The molecular weight excluding hydrogens is 308 g/mol. The number of amides is 1. The zero-order chi connectivity index (χ0) is 16.9. The predicted molar refractivity (Wildman–Crippen MR) is 89.2 cm³/mol. The summed E-state index contributed by atoms with van der Waals surface area (Å²) >= 11 is 0. The third-order valence-electron chi connectivity index (χ3n) is 4.28. The van der Waals surface area contributed by atoms with E-state index in [4.69, 9.17) is 14.3 Å². The van der Waals surface area contributed by atoms with Crippen LogP contribution in [0.2, 0.25) is 0 Å². The number of aliphatic hydroxyl groups excluding tert-OH is 1. The first-order valence-corrected chi connectivity index (χ1v) is 8.10. The Morgan fingerprint density at radius 3 is 2.79 bits per heavy atom. The summed E-state index contributed by atoms with van der Waals surface area (Å²) in [4.78, 5) is 16.6. The molecule has 1 saturated heterocycles. The molecule has 128 valence electrons. The van der Waals surface area contributed by atoms with Gasteiger partial charge in [0.05, 0.1) is 0 Å². The van der Waals surface area contributed by atoms with E-state index < -0.39 is 0 Å². The van der Waals surface area contributed by atoms with Gasteiger partial charge in [-0.2, -0.15) is 0 Å². The zero-order valence-electron chi connectivity index (χ0n) is 13.7. The molecule has 2 aromatic rings. The lowest BCUT2D eigenvalue weighted by Crippen LogP contribution is -2.53. The van der Waals surface area contributed by atoms with Crippen LogP contribution in [0.15, 0.2) is 46.9 Å². The highest BCUT2D eigenvalue weighted by Gasteiger charge is 2.29. The number of carbonyl (C=O) groups is 1. The molecule has 0 aliphatic carbocycles. The van der Waals surface area contributed by atoms with Crippen molar-refractivity contribution in [3.05, 3.63) is 48.2 Å². The molecule has 3 rings (SSSR count). The summed E-state index contributed by atoms with van der Waals surface area (Å²) in [5.74, 6) is 1.08. The van der Waals surface area contributed by atoms with Crippen molar-refractivity contribution in [2.45, 2.75) is 12.5 Å². The number of carbonyl (C=O) groups excluding carboxylic acids is 1. The van der Waals surface area contributed by atoms with E-state index in [-0.39, 0.29) is 24.3 Å². The van der Waals surface area contributed by atoms with E-state index in [1.165, 1.54) is 0 Å². The largest absolute Gasteiger partial charge is 0.426 e. The molecule has 1 aliphatic heterocycles. The number of likely N-dealkylation sites (N-methyl/N-ethyl adjacent to an activating group) is 1. The van der Waals surface area contributed by atoms with Crippen LogP contribution >= 0.6 is 0 Å². The minimum Gasteiger partial charge on any atom is -0.426 e. The van der Waals surface area contributed by atoms with E-state index in [9.17, 15) is 4.79 Å². The van der Waals surface area contributed by atoms with Gasteiger partial charge in [-0.1, -0.05) is 18.2 Å². The Bertz CT molecular complexity index is 671. The summed E-state index contributed by atoms with van der Waals surface area (Å²) in [6.45, 7) is 2.13. The average molecular weight is 330 g/mol. The number of hydrogen-bond donors (Lipinski definition) is 1. The first-order valence-electron chi connectivity index (χ1n) is 8.10. The molecule has 24 heavy (non-hydrogen) atoms. The van der Waals surface area contributed by atoms with Gasteiger partial charge in [0.1, 0.15) is 5.75 Å². The van der Waals surface area contributed by atoms with Crippen molar-refractivity contribution in [2.24, 2.45) is 0 Å². The Labute approximate surface area is 141 Å². The van der Waals surface area contributed by atoms with Crippen molar-refractivity contribution in [2.75, 3.05) is 33.3 Å². The number of furan rings is 1. The first-order chi connectivity index (χ1) is 11.7. The van der Waals surface area contributed by atoms with Crippen LogP contribution in [0.25, 0.3) is 0 Å². The molecule has 6 heteroatoms. The Hall–Kier alpha value is -2.31. The highest BCUT2D eigenvalue weighted by atomic mass is 16.6. The monoisotopic (exact) mass is 330 g/mol. The quantitative estimate of drug-likeness (QED) is 0.910. The maximum Gasteiger partial charge on any atom is 0.290 e. The molecule has 1 unspecified atom stereocenters. The summed E-state index contributed by atoms with van der Waals surface area (Å²) in [5, 5.41) is 9.16. The van der Waals surface area contributed by atoms with Crippen LogP contribution in [0, 0.1) is 0 Å². The first kappa shape index (κ1) is 16.5. The zero-order valence-corrected chi connectivity index (χ0v) is 13.7. The van der Waals surface area contributed by atoms with Crippen molar-refractivity contribution in [3.8, 4) is 11.7 Å². The van der Waals surface area contributed by atoms with E-state index in [0.717, 1.165) is 6.54 Å². The van der Waals surface area contributed by atoms with Crippen LogP contribution in [0.3, 0.4) is 0 Å². The van der Waals surface area contributed by atoms with Gasteiger partial charge in [0.25, 0.3) is 11.9 Å². The maximum absolute atomic E-state index is 12.6. The molecule has 0 saturated carbocycles. The SMILES string of the molecule is CN1CCN(C(=O)c2ccc(Oc3ccccc3)o2)CC1CCO. The van der Waals surface area contributed by atoms with Gasteiger partial charge >= 0.3 is 0 Å². The van der Waals surface area contributed by atoms with Gasteiger partial charge in [0, 0.05) is 38.3 Å². The van der Waals surface area contributed by atoms with Gasteiger partial charge in [0.15, 0.2) is 5.76 Å². The Kier molecular flexibility index (Phi) is 5.17. The van der Waals surface area contributed by atoms with Crippen LogP contribution in [0.1, 0.15) is 17.0 Å². The molecule has 1 aromatic heterocycles. The molecular formula is C18H22N2O4. The highest BCUT2D eigenvalue weighted by molar-refractivity contribution is 5.91. The van der Waals surface area contributed by atoms with Gasteiger partial charge in [-0.05, 0) is 31.7 Å². The second kappa shape index (κ2) is 7.51. The molecule has 1 amide bonds. The number of nitrogens with zero attached hydrogens (tertiary/aromatic N) is 2. The van der Waals surface area contributed by atoms with Crippen molar-refractivity contribution in [1.82, 2.24) is 9.80 Å². The topological polar surface area (TPSA) is 66.2 Å². The molecule has 1 atom stereocenters. The van der Waals surface area contributed by atoms with Crippen LogP contribution in [0.4, 0.5) is 0 Å². The molecule has 1 N–H and O–H groups in total. The van der Waals surface area contributed by atoms with E-state index in [1.807, 2.05) is 37.4 Å². The molecule has 1 fully saturated rings. The van der Waals surface area contributed by atoms with Gasteiger partial charge in [0.2, 0.25) is 0 Å². The molecule has 0 radical (unpaired) electrons. The van der Waals surface area contributed by atoms with Gasteiger partial charge in [-0.25, -0.2) is 0 Å². The fraction of sp³-hybridized carbons (Fsp3) is 0.389. The van der Waals surface area contributed by atoms with E-state index in [2.05, 4.69) is 4.90 Å². The lowest BCUT2D eigenvalue weighted by molar-refractivity contribution is 0.0470. The second-order valence-electron chi connectivity index (χ2n) is 5.93. The molecule has 0 spiro atoms. The number of aliphatic hydroxyl groups is 1. The fourth-order valence-electron chi connectivity index (χ4n) is 2.84. The van der Waals surface area contributed by atoms with Crippen molar-refractivity contribution in [3.63, 3.8) is 0 Å². The Balaban J connectivity index is 1.65. The summed E-state index contributed by atoms with van der Waals surface area (Å²) < 4.78 is 11.1. The van der Waals surface area contributed by atoms with E-state index >= 15 is 0 Å². The molecule has 2 heterocycles. The molecule has 0 bridgehead atoms. The van der Waals surface area contributed by atoms with Crippen LogP contribution in [0.5, 0.6) is 11.7 Å². The fourth-order valence-corrected chi connectivity index (χ4v) is 2.84. The third-order valence-corrected chi connectivity index (χ3v) is 4.28. The summed E-state index contributed by atoms with van der Waals surface area (Å²) in [7, 11) is 2.01. The van der Waals surface area contributed by atoms with Crippen LogP contribution in [-0.4, -0.2) is 60.1 Å². The van der Waals surface area contributed by atoms with Gasteiger partial charge in [-0.15, -0.1) is 0 Å². The average Bonchev–Trinajstić information content (AvgIpc) is 3.06. The Morgan fingerprint density at radius 1 is 1.25 bits per heavy atom. The normalized spacial score (nSPS) is 18.6. The van der Waals surface area contributed by atoms with Crippen LogP contribution in [-0.2, 0) is 0 Å². The number of piperazine rings is 1. The van der Waals surface area contributed by atoms with Gasteiger partial charge in [-0.3, -0.25) is 9.69 Å². The standard InChI is InChI=1S/C18H22N2O4/c1-19-10-11-20(13-14(19)9-12-21)18(22)16-7-8-17(24-16)23-15-5-3-2-4-6-15/h2-8,14,21H,9-13H2,1H3. The van der Waals surface area contributed by atoms with Crippen LogP contribution < -0.4 is 4.74 Å². The molecule has 1 aromatic carbocycles. The predicted octanol–water partition coefficient (Wildman–Crippen LogP) is 2.21. The Morgan fingerprint density at radius 2 is 2.04 bits per heavy atom. The number of benzene rings is 1. The number of hydrogen-bond acceptors (Lipinski definition) is 5. The second-order valence-corrected chi connectivity index (χ2v) is 5.93. The smallest absolute Gasteiger partial charge is 0.290 e. The lowest BCUT2D eigenvalue weighted by Gasteiger charge is -2.38. The molecule has 6 nitrogen and oxygen atoms in total. The van der Waals surface area contributed by atoms with E-state index in [1.54, 1.807) is 17.0 Å². The lowest BCUT2D eigenvalue weighted by atomic mass is 10.1. The number of para-hydroxylation sites is 1. The summed E-state index contributed by atoms with van der Waals surface area (Å²) in [6, 6.07) is 12.8.